The first kappa shape index (κ1) is 13.8. The average Bonchev–Trinajstić information content (AvgIpc) is 2.30. The van der Waals surface area contributed by atoms with E-state index >= 15 is 0 Å². The van der Waals surface area contributed by atoms with Crippen molar-refractivity contribution in [1.29, 1.82) is 0 Å². The van der Waals surface area contributed by atoms with Gasteiger partial charge in [0.15, 0.2) is 18.9 Å². The van der Waals surface area contributed by atoms with Gasteiger partial charge in [0.05, 0.1) is 0 Å². The number of hydrogen-bond acceptors (Lipinski definition) is 1. The Hall–Kier alpha value is -1.25. The molecule has 0 saturated carbocycles. The van der Waals surface area contributed by atoms with E-state index in [1.165, 1.54) is 5.56 Å². The number of pyridine rings is 1. The van der Waals surface area contributed by atoms with Crippen LogP contribution in [0, 0.1) is 0 Å². The van der Waals surface area contributed by atoms with E-state index in [1.807, 2.05) is 42.7 Å². The Morgan fingerprint density at radius 2 is 1.71 bits per heavy atom. The minimum Gasteiger partial charge on any atom is -1.00 e. The third kappa shape index (κ3) is 3.91. The number of nitrogens with two attached hydrogens (primary N) is 1. The van der Waals surface area contributed by atoms with Gasteiger partial charge >= 0.3 is 0 Å². The zero-order valence-electron chi connectivity index (χ0n) is 9.31. The highest BCUT2D eigenvalue weighted by Crippen LogP contribution is 2.15. The molecule has 4 heteroatoms. The fourth-order valence-electron chi connectivity index (χ4n) is 1.57. The van der Waals surface area contributed by atoms with E-state index in [9.17, 15) is 0 Å². The van der Waals surface area contributed by atoms with Crippen molar-refractivity contribution in [3.05, 3.63) is 59.4 Å². The van der Waals surface area contributed by atoms with Crippen LogP contribution in [0.1, 0.15) is 5.56 Å². The Kier molecular flexibility index (Phi) is 5.26. The minimum absolute atomic E-state index is 0. The number of benzene rings is 1. The van der Waals surface area contributed by atoms with Crippen molar-refractivity contribution in [3.8, 4) is 0 Å². The van der Waals surface area contributed by atoms with Gasteiger partial charge in [0, 0.05) is 29.3 Å². The van der Waals surface area contributed by atoms with Gasteiger partial charge in [0.2, 0.25) is 0 Å². The van der Waals surface area contributed by atoms with Gasteiger partial charge in [-0.05, 0) is 11.6 Å². The van der Waals surface area contributed by atoms with Gasteiger partial charge in [-0.25, -0.2) is 4.57 Å². The Morgan fingerprint density at radius 3 is 2.35 bits per heavy atom. The van der Waals surface area contributed by atoms with E-state index in [-0.39, 0.29) is 12.4 Å². The number of aromatic nitrogens is 1. The fourth-order valence-corrected chi connectivity index (χ4v) is 1.80. The van der Waals surface area contributed by atoms with Gasteiger partial charge in [0.1, 0.15) is 0 Å². The molecule has 0 aliphatic heterocycles. The minimum atomic E-state index is 0. The van der Waals surface area contributed by atoms with Crippen molar-refractivity contribution in [3.63, 3.8) is 0 Å². The second-order valence-corrected chi connectivity index (χ2v) is 4.12. The highest BCUT2D eigenvalue weighted by atomic mass is 35.5. The molecule has 0 bridgehead atoms. The van der Waals surface area contributed by atoms with Crippen LogP contribution in [0.5, 0.6) is 0 Å². The number of hydrogen-bond donors (Lipinski definition) is 1. The maximum Gasteiger partial charge on any atom is 0.170 e. The predicted molar refractivity (Wildman–Crippen MR) is 66.2 cm³/mol. The zero-order chi connectivity index (χ0) is 11.4. The Labute approximate surface area is 112 Å². The van der Waals surface area contributed by atoms with Crippen LogP contribution in [-0.2, 0) is 13.0 Å². The zero-order valence-corrected chi connectivity index (χ0v) is 10.8. The van der Waals surface area contributed by atoms with Crippen molar-refractivity contribution < 1.29 is 17.0 Å². The molecule has 90 valence electrons. The Balaban J connectivity index is 0.00000144. The molecule has 0 fully saturated rings. The second-order valence-electron chi connectivity index (χ2n) is 3.71. The molecule has 2 aromatic rings. The largest absolute Gasteiger partial charge is 1.00 e. The summed E-state index contributed by atoms with van der Waals surface area (Å²) in [7, 11) is 0. The summed E-state index contributed by atoms with van der Waals surface area (Å²) < 4.78 is 2.10. The topological polar surface area (TPSA) is 29.9 Å². The molecule has 1 aromatic heterocycles. The summed E-state index contributed by atoms with van der Waals surface area (Å²) in [6, 6.07) is 11.7. The summed E-state index contributed by atoms with van der Waals surface area (Å²) in [5, 5.41) is 0.832. The number of rotatable bonds is 3. The molecule has 17 heavy (non-hydrogen) atoms. The molecule has 0 spiro atoms. The van der Waals surface area contributed by atoms with E-state index < -0.39 is 0 Å². The maximum absolute atomic E-state index is 6.09. The molecule has 2 nitrogen and oxygen atoms in total. The lowest BCUT2D eigenvalue weighted by molar-refractivity contribution is -0.696. The summed E-state index contributed by atoms with van der Waals surface area (Å²) >= 11 is 6.09. The standard InChI is InChI=1S/C13H13ClN2.ClH/c14-13-4-2-1-3-11(13)5-8-16-9-6-12(15)7-10-16;/h1-4,6-7,9-10,15H,5,8H2;1H. The first-order valence-corrected chi connectivity index (χ1v) is 5.61. The highest BCUT2D eigenvalue weighted by molar-refractivity contribution is 6.31. The third-order valence-corrected chi connectivity index (χ3v) is 2.88. The van der Waals surface area contributed by atoms with Crippen molar-refractivity contribution in [2.24, 2.45) is 0 Å². The number of nitrogens with zero attached hydrogens (tertiary/aromatic N) is 1. The predicted octanol–water partition coefficient (Wildman–Crippen LogP) is -0.544. The molecule has 0 unspecified atom stereocenters. The molecule has 1 heterocycles. The second kappa shape index (κ2) is 6.48. The van der Waals surface area contributed by atoms with Crippen LogP contribution in [-0.4, -0.2) is 0 Å². The lowest BCUT2D eigenvalue weighted by atomic mass is 10.1. The van der Waals surface area contributed by atoms with Gasteiger partial charge in [-0.15, -0.1) is 0 Å². The van der Waals surface area contributed by atoms with E-state index in [4.69, 9.17) is 17.3 Å². The normalized spacial score (nSPS) is 9.71. The van der Waals surface area contributed by atoms with Crippen LogP contribution < -0.4 is 22.7 Å². The van der Waals surface area contributed by atoms with Crippen LogP contribution in [0.25, 0.3) is 0 Å². The first-order chi connectivity index (χ1) is 7.75. The smallest absolute Gasteiger partial charge is 0.170 e. The van der Waals surface area contributed by atoms with Crippen LogP contribution in [0.3, 0.4) is 0 Å². The van der Waals surface area contributed by atoms with E-state index in [2.05, 4.69) is 10.6 Å². The quantitative estimate of drug-likeness (QED) is 0.745. The molecule has 0 aliphatic carbocycles. The fraction of sp³-hybridized carbons (Fsp3) is 0.154. The van der Waals surface area contributed by atoms with Crippen molar-refractivity contribution in [1.82, 2.24) is 0 Å². The van der Waals surface area contributed by atoms with E-state index in [0.29, 0.717) is 0 Å². The lowest BCUT2D eigenvalue weighted by Crippen LogP contribution is -3.00. The summed E-state index contributed by atoms with van der Waals surface area (Å²) in [5.41, 5.74) is 7.58. The Bertz CT molecular complexity index is 469. The summed E-state index contributed by atoms with van der Waals surface area (Å²) in [6.45, 7) is 0.907. The van der Waals surface area contributed by atoms with E-state index in [0.717, 1.165) is 23.7 Å². The highest BCUT2D eigenvalue weighted by Gasteiger charge is 2.03. The molecule has 0 amide bonds. The molecular formula is C13H14Cl2N2. The van der Waals surface area contributed by atoms with Crippen LogP contribution in [0.4, 0.5) is 5.69 Å². The van der Waals surface area contributed by atoms with E-state index in [1.54, 1.807) is 0 Å². The van der Waals surface area contributed by atoms with Crippen LogP contribution in [0.15, 0.2) is 48.8 Å². The first-order valence-electron chi connectivity index (χ1n) is 5.24. The van der Waals surface area contributed by atoms with Crippen molar-refractivity contribution in [2.75, 3.05) is 5.73 Å². The van der Waals surface area contributed by atoms with Crippen LogP contribution in [0.2, 0.25) is 5.02 Å². The van der Waals surface area contributed by atoms with Gasteiger partial charge in [-0.3, -0.25) is 0 Å². The Morgan fingerprint density at radius 1 is 1.06 bits per heavy atom. The number of anilines is 1. The summed E-state index contributed by atoms with van der Waals surface area (Å²) in [4.78, 5) is 0. The SMILES string of the molecule is Nc1cc[n+](CCc2ccccc2Cl)cc1.[Cl-]. The van der Waals surface area contributed by atoms with Crippen molar-refractivity contribution in [2.45, 2.75) is 13.0 Å². The van der Waals surface area contributed by atoms with Gasteiger partial charge in [0.25, 0.3) is 0 Å². The van der Waals surface area contributed by atoms with Gasteiger partial charge < -0.3 is 18.1 Å². The molecular weight excluding hydrogens is 255 g/mol. The molecule has 1 aromatic carbocycles. The number of nitrogen functional groups attached to an aromatic ring is 1. The molecule has 0 atom stereocenters. The monoisotopic (exact) mass is 268 g/mol. The lowest BCUT2D eigenvalue weighted by Gasteiger charge is -2.01. The van der Waals surface area contributed by atoms with Crippen LogP contribution >= 0.6 is 11.6 Å². The maximum atomic E-state index is 6.09. The van der Waals surface area contributed by atoms with Gasteiger partial charge in [-0.2, -0.15) is 0 Å². The third-order valence-electron chi connectivity index (χ3n) is 2.51. The molecule has 2 rings (SSSR count). The average molecular weight is 269 g/mol. The van der Waals surface area contributed by atoms with Crippen molar-refractivity contribution >= 4 is 17.3 Å². The summed E-state index contributed by atoms with van der Waals surface area (Å²) in [5.74, 6) is 0. The molecule has 0 saturated heterocycles. The number of aryl methyl sites for hydroxylation is 2. The molecule has 0 aliphatic rings. The summed E-state index contributed by atoms with van der Waals surface area (Å²) in [6.07, 6.45) is 4.88. The number of halogens is 2. The van der Waals surface area contributed by atoms with Gasteiger partial charge in [-0.1, -0.05) is 29.8 Å². The molecule has 0 radical (unpaired) electrons. The molecule has 2 N–H and O–H groups in total.